The number of ether oxygens (including phenoxy) is 1. The van der Waals surface area contributed by atoms with E-state index in [0.717, 1.165) is 20.3 Å². The van der Waals surface area contributed by atoms with Crippen molar-refractivity contribution in [2.75, 3.05) is 12.4 Å². The largest absolute Gasteiger partial charge is 0.494 e. The van der Waals surface area contributed by atoms with Crippen molar-refractivity contribution in [2.45, 2.75) is 6.54 Å². The van der Waals surface area contributed by atoms with Gasteiger partial charge in [-0.05, 0) is 67.8 Å². The van der Waals surface area contributed by atoms with Crippen LogP contribution in [0.25, 0.3) is 0 Å². The Morgan fingerprint density at radius 2 is 1.85 bits per heavy atom. The lowest BCUT2D eigenvalue weighted by Crippen LogP contribution is -2.01. The van der Waals surface area contributed by atoms with Crippen molar-refractivity contribution in [3.63, 3.8) is 0 Å². The van der Waals surface area contributed by atoms with Crippen molar-refractivity contribution in [3.8, 4) is 5.75 Å². The Labute approximate surface area is 138 Å². The van der Waals surface area contributed by atoms with Crippen molar-refractivity contribution in [1.29, 1.82) is 0 Å². The number of halogens is 4. The maximum Gasteiger partial charge on any atom is 0.147 e. The van der Waals surface area contributed by atoms with Crippen LogP contribution in [0.5, 0.6) is 5.75 Å². The summed E-state index contributed by atoms with van der Waals surface area (Å²) in [5.41, 5.74) is 1.57. The molecule has 0 aliphatic heterocycles. The first kappa shape index (κ1) is 15.6. The smallest absolute Gasteiger partial charge is 0.147 e. The van der Waals surface area contributed by atoms with E-state index in [1.54, 1.807) is 7.11 Å². The Hall–Kier alpha value is -0.780. The van der Waals surface area contributed by atoms with E-state index in [1.165, 1.54) is 18.2 Å². The summed E-state index contributed by atoms with van der Waals surface area (Å²) in [5.74, 6) is 0.409. The normalized spacial score (nSPS) is 10.4. The second-order valence-electron chi connectivity index (χ2n) is 4.07. The molecule has 2 nitrogen and oxygen atoms in total. The summed E-state index contributed by atoms with van der Waals surface area (Å²) in [4.78, 5) is 0. The third-order valence-corrected chi connectivity index (χ3v) is 4.18. The molecule has 0 saturated heterocycles. The number of hydrogen-bond donors (Lipinski definition) is 1. The lowest BCUT2D eigenvalue weighted by Gasteiger charge is -2.12. The van der Waals surface area contributed by atoms with Gasteiger partial charge in [-0.15, -0.1) is 0 Å². The van der Waals surface area contributed by atoms with Gasteiger partial charge in [-0.2, -0.15) is 0 Å². The number of hydrogen-bond acceptors (Lipinski definition) is 2. The van der Waals surface area contributed by atoms with E-state index < -0.39 is 0 Å². The lowest BCUT2D eigenvalue weighted by atomic mass is 10.2. The van der Waals surface area contributed by atoms with E-state index in [4.69, 9.17) is 16.3 Å². The van der Waals surface area contributed by atoms with Gasteiger partial charge in [0.2, 0.25) is 0 Å². The van der Waals surface area contributed by atoms with E-state index in [2.05, 4.69) is 37.2 Å². The minimum atomic E-state index is -0.325. The molecule has 0 aliphatic rings. The predicted octanol–water partition coefficient (Wildman–Crippen LogP) is 5.62. The van der Waals surface area contributed by atoms with E-state index in [0.29, 0.717) is 17.3 Å². The SMILES string of the molecule is COc1c(Br)cc(CNc2cc(F)ccc2Cl)cc1Br. The number of benzene rings is 2. The van der Waals surface area contributed by atoms with E-state index in [-0.39, 0.29) is 5.82 Å². The van der Waals surface area contributed by atoms with Gasteiger partial charge in [0, 0.05) is 6.54 Å². The first-order valence-electron chi connectivity index (χ1n) is 5.72. The zero-order chi connectivity index (χ0) is 14.7. The van der Waals surface area contributed by atoms with Crippen LogP contribution in [0.3, 0.4) is 0 Å². The fourth-order valence-corrected chi connectivity index (χ4v) is 3.53. The van der Waals surface area contributed by atoms with Gasteiger partial charge >= 0.3 is 0 Å². The van der Waals surface area contributed by atoms with Gasteiger partial charge in [0.1, 0.15) is 11.6 Å². The molecule has 2 aromatic rings. The van der Waals surface area contributed by atoms with Gasteiger partial charge in [0.05, 0.1) is 26.8 Å². The topological polar surface area (TPSA) is 21.3 Å². The molecule has 106 valence electrons. The third kappa shape index (κ3) is 3.65. The summed E-state index contributed by atoms with van der Waals surface area (Å²) < 4.78 is 20.1. The molecular weight excluding hydrogens is 412 g/mol. The summed E-state index contributed by atoms with van der Waals surface area (Å²) in [6.45, 7) is 0.518. The highest BCUT2D eigenvalue weighted by atomic mass is 79.9. The highest BCUT2D eigenvalue weighted by Gasteiger charge is 2.08. The number of methoxy groups -OCH3 is 1. The molecule has 0 radical (unpaired) electrons. The number of anilines is 1. The zero-order valence-corrected chi connectivity index (χ0v) is 14.4. The molecule has 0 atom stereocenters. The van der Waals surface area contributed by atoms with Gasteiger partial charge < -0.3 is 10.1 Å². The fourth-order valence-electron chi connectivity index (χ4n) is 1.74. The molecule has 0 unspecified atom stereocenters. The summed E-state index contributed by atoms with van der Waals surface area (Å²) >= 11 is 12.9. The second kappa shape index (κ2) is 6.78. The van der Waals surface area contributed by atoms with Gasteiger partial charge in [-0.25, -0.2) is 4.39 Å². The molecule has 0 aromatic heterocycles. The average Bonchev–Trinajstić information content (AvgIpc) is 2.39. The molecule has 0 fully saturated rings. The maximum absolute atomic E-state index is 13.2. The molecule has 0 heterocycles. The Bertz CT molecular complexity index is 614. The van der Waals surface area contributed by atoms with Crippen LogP contribution in [-0.2, 0) is 6.54 Å². The van der Waals surface area contributed by atoms with Gasteiger partial charge in [-0.3, -0.25) is 0 Å². The Morgan fingerprint density at radius 1 is 1.20 bits per heavy atom. The first-order valence-corrected chi connectivity index (χ1v) is 7.68. The summed E-state index contributed by atoms with van der Waals surface area (Å²) in [6.07, 6.45) is 0. The van der Waals surface area contributed by atoms with Crippen LogP contribution in [0.4, 0.5) is 10.1 Å². The molecule has 1 N–H and O–H groups in total. The quantitative estimate of drug-likeness (QED) is 0.689. The minimum absolute atomic E-state index is 0.325. The Kier molecular flexibility index (Phi) is 5.29. The van der Waals surface area contributed by atoms with Crippen LogP contribution in [0.2, 0.25) is 5.02 Å². The van der Waals surface area contributed by atoms with Crippen LogP contribution < -0.4 is 10.1 Å². The first-order chi connectivity index (χ1) is 9.51. The fraction of sp³-hybridized carbons (Fsp3) is 0.143. The number of rotatable bonds is 4. The summed E-state index contributed by atoms with van der Waals surface area (Å²) in [5, 5.41) is 3.59. The Morgan fingerprint density at radius 3 is 2.45 bits per heavy atom. The highest BCUT2D eigenvalue weighted by Crippen LogP contribution is 2.34. The van der Waals surface area contributed by atoms with Crippen molar-refractivity contribution < 1.29 is 9.13 Å². The molecule has 0 bridgehead atoms. The van der Waals surface area contributed by atoms with Gasteiger partial charge in [-0.1, -0.05) is 11.6 Å². The monoisotopic (exact) mass is 421 g/mol. The maximum atomic E-state index is 13.2. The van der Waals surface area contributed by atoms with Crippen LogP contribution in [-0.4, -0.2) is 7.11 Å². The minimum Gasteiger partial charge on any atom is -0.494 e. The van der Waals surface area contributed by atoms with Crippen molar-refractivity contribution in [2.24, 2.45) is 0 Å². The summed E-state index contributed by atoms with van der Waals surface area (Å²) in [7, 11) is 1.61. The second-order valence-corrected chi connectivity index (χ2v) is 6.19. The van der Waals surface area contributed by atoms with E-state index in [1.807, 2.05) is 12.1 Å². The molecule has 6 heteroatoms. The van der Waals surface area contributed by atoms with Crippen molar-refractivity contribution in [3.05, 3.63) is 55.7 Å². The van der Waals surface area contributed by atoms with Crippen molar-refractivity contribution >= 4 is 49.1 Å². The Balaban J connectivity index is 2.17. The van der Waals surface area contributed by atoms with Gasteiger partial charge in [0.25, 0.3) is 0 Å². The molecule has 20 heavy (non-hydrogen) atoms. The molecule has 0 saturated carbocycles. The zero-order valence-electron chi connectivity index (χ0n) is 10.5. The predicted molar refractivity (Wildman–Crippen MR) is 87.1 cm³/mol. The third-order valence-electron chi connectivity index (χ3n) is 2.67. The van der Waals surface area contributed by atoms with Crippen LogP contribution in [0.1, 0.15) is 5.56 Å². The summed E-state index contributed by atoms with van der Waals surface area (Å²) in [6, 6.07) is 8.09. The molecule has 0 spiro atoms. The van der Waals surface area contributed by atoms with E-state index in [9.17, 15) is 4.39 Å². The molecule has 2 aromatic carbocycles. The van der Waals surface area contributed by atoms with Gasteiger partial charge in [0.15, 0.2) is 0 Å². The highest BCUT2D eigenvalue weighted by molar-refractivity contribution is 9.11. The molecule has 0 aliphatic carbocycles. The van der Waals surface area contributed by atoms with E-state index >= 15 is 0 Å². The lowest BCUT2D eigenvalue weighted by molar-refractivity contribution is 0.409. The molecule has 0 amide bonds. The van der Waals surface area contributed by atoms with Crippen LogP contribution in [0, 0.1) is 5.82 Å². The molecule has 2 rings (SSSR count). The van der Waals surface area contributed by atoms with Crippen molar-refractivity contribution in [1.82, 2.24) is 0 Å². The number of nitrogens with one attached hydrogen (secondary N) is 1. The van der Waals surface area contributed by atoms with Crippen LogP contribution >= 0.6 is 43.5 Å². The standard InChI is InChI=1S/C14H11Br2ClFNO/c1-20-14-10(15)4-8(5-11(14)16)7-19-13-6-9(18)2-3-12(13)17/h2-6,19H,7H2,1H3. The van der Waals surface area contributed by atoms with Crippen LogP contribution in [0.15, 0.2) is 39.3 Å². The molecular formula is C14H11Br2ClFNO. The average molecular weight is 424 g/mol.